The van der Waals surface area contributed by atoms with Gasteiger partial charge in [0.1, 0.15) is 18.1 Å². The first kappa shape index (κ1) is 27.7. The van der Waals surface area contributed by atoms with Crippen molar-refractivity contribution in [3.05, 3.63) is 59.5 Å². The van der Waals surface area contributed by atoms with E-state index in [4.69, 9.17) is 26.1 Å². The highest BCUT2D eigenvalue weighted by Gasteiger charge is 2.30. The Morgan fingerprint density at radius 1 is 1.11 bits per heavy atom. The molecule has 38 heavy (non-hydrogen) atoms. The second-order valence-corrected chi connectivity index (χ2v) is 9.14. The smallest absolute Gasteiger partial charge is 0.382 e. The Morgan fingerprint density at radius 3 is 2.50 bits per heavy atom. The van der Waals surface area contributed by atoms with Crippen molar-refractivity contribution in [2.24, 2.45) is 0 Å². The number of anilines is 1. The lowest BCUT2D eigenvalue weighted by atomic mass is 10.0. The predicted octanol–water partition coefficient (Wildman–Crippen LogP) is 4.63. The van der Waals surface area contributed by atoms with Crippen LogP contribution in [-0.4, -0.2) is 66.9 Å². The number of methoxy groups -OCH3 is 1. The van der Waals surface area contributed by atoms with Gasteiger partial charge in [0.25, 0.3) is 0 Å². The molecule has 1 fully saturated rings. The topological polar surface area (TPSA) is 89.5 Å². The summed E-state index contributed by atoms with van der Waals surface area (Å²) in [5, 5.41) is 3.33. The number of ether oxygens (including phenoxy) is 2. The van der Waals surface area contributed by atoms with Crippen LogP contribution in [-0.2, 0) is 20.4 Å². The molecule has 1 aliphatic heterocycles. The van der Waals surface area contributed by atoms with E-state index >= 15 is 0 Å². The van der Waals surface area contributed by atoms with E-state index in [1.54, 1.807) is 25.6 Å². The van der Waals surface area contributed by atoms with Crippen LogP contribution < -0.4 is 10.2 Å². The number of hydrogen-bond donors (Lipinski definition) is 1. The first-order valence-electron chi connectivity index (χ1n) is 12.0. The fourth-order valence-corrected chi connectivity index (χ4v) is 4.35. The highest BCUT2D eigenvalue weighted by atomic mass is 35.5. The zero-order valence-electron chi connectivity index (χ0n) is 20.7. The van der Waals surface area contributed by atoms with Crippen LogP contribution in [0.5, 0.6) is 0 Å². The largest absolute Gasteiger partial charge is 0.416 e. The Morgan fingerprint density at radius 2 is 1.84 bits per heavy atom. The van der Waals surface area contributed by atoms with E-state index < -0.39 is 11.7 Å². The van der Waals surface area contributed by atoms with Gasteiger partial charge in [-0.15, -0.1) is 0 Å². The Labute approximate surface area is 223 Å². The zero-order chi connectivity index (χ0) is 27.1. The third kappa shape index (κ3) is 6.97. The molecule has 0 unspecified atom stereocenters. The number of pyridine rings is 1. The maximum absolute atomic E-state index is 13.1. The van der Waals surface area contributed by atoms with Crippen LogP contribution in [0, 0.1) is 0 Å². The van der Waals surface area contributed by atoms with Crippen molar-refractivity contribution in [2.45, 2.75) is 25.1 Å². The van der Waals surface area contributed by atoms with Crippen molar-refractivity contribution in [2.75, 3.05) is 44.9 Å². The normalized spacial score (nSPS) is 14.5. The third-order valence-electron chi connectivity index (χ3n) is 6.12. The summed E-state index contributed by atoms with van der Waals surface area (Å²) < 4.78 is 49.4. The molecule has 1 aromatic carbocycles. The van der Waals surface area contributed by atoms with E-state index in [-0.39, 0.29) is 18.6 Å². The van der Waals surface area contributed by atoms with Gasteiger partial charge >= 0.3 is 6.18 Å². The Balaban J connectivity index is 1.51. The lowest BCUT2D eigenvalue weighted by Crippen LogP contribution is -2.46. The number of hydrogen-bond acceptors (Lipinski definition) is 7. The number of nitrogens with one attached hydrogen (secondary N) is 1. The maximum Gasteiger partial charge on any atom is 0.416 e. The highest BCUT2D eigenvalue weighted by Crippen LogP contribution is 2.36. The molecule has 3 aromatic rings. The Bertz CT molecular complexity index is 1240. The number of carbonyl (C=O) groups excluding carboxylic acids is 1. The van der Waals surface area contributed by atoms with Gasteiger partial charge in [-0.2, -0.15) is 13.2 Å². The SMILES string of the molecule is COCCOCC(=O)NC1CCN(c2cnc(-c3ccc(C(F)(F)F)cc3)c(-c3ccncc3Cl)n2)CC1. The lowest BCUT2D eigenvalue weighted by Gasteiger charge is -2.33. The van der Waals surface area contributed by atoms with Crippen molar-refractivity contribution in [1.82, 2.24) is 20.3 Å². The predicted molar refractivity (Wildman–Crippen MR) is 137 cm³/mol. The summed E-state index contributed by atoms with van der Waals surface area (Å²) in [6.45, 7) is 2.03. The van der Waals surface area contributed by atoms with Gasteiger partial charge in [0.05, 0.1) is 35.7 Å². The standard InChI is InChI=1S/C26H27ClF3N5O3/c1-37-12-13-38-16-23(36)33-19-7-10-35(11-8-19)22-15-32-24(17-2-4-18(5-3-17)26(28,29)30)25(34-22)20-6-9-31-14-21(20)27/h2-6,9,14-15,19H,7-8,10-13,16H2,1H3,(H,33,36). The summed E-state index contributed by atoms with van der Waals surface area (Å²) in [7, 11) is 1.57. The van der Waals surface area contributed by atoms with E-state index in [1.807, 2.05) is 0 Å². The fraction of sp³-hybridized carbons (Fsp3) is 0.385. The number of aromatic nitrogens is 3. The molecule has 1 saturated heterocycles. The van der Waals surface area contributed by atoms with Crippen LogP contribution in [0.15, 0.2) is 48.9 Å². The van der Waals surface area contributed by atoms with E-state index in [0.29, 0.717) is 72.5 Å². The summed E-state index contributed by atoms with van der Waals surface area (Å²) in [5.41, 5.74) is 1.16. The number of carbonyl (C=O) groups is 1. The van der Waals surface area contributed by atoms with Crippen LogP contribution in [0.1, 0.15) is 18.4 Å². The first-order valence-corrected chi connectivity index (χ1v) is 12.4. The molecule has 1 amide bonds. The van der Waals surface area contributed by atoms with Crippen LogP contribution in [0.2, 0.25) is 5.02 Å². The number of piperidine rings is 1. The van der Waals surface area contributed by atoms with Crippen LogP contribution in [0.25, 0.3) is 22.5 Å². The second-order valence-electron chi connectivity index (χ2n) is 8.73. The van der Waals surface area contributed by atoms with Crippen molar-refractivity contribution >= 4 is 23.3 Å². The van der Waals surface area contributed by atoms with Crippen molar-refractivity contribution in [3.8, 4) is 22.5 Å². The highest BCUT2D eigenvalue weighted by molar-refractivity contribution is 6.33. The zero-order valence-corrected chi connectivity index (χ0v) is 21.4. The molecule has 1 N–H and O–H groups in total. The molecular formula is C26H27ClF3N5O3. The van der Waals surface area contributed by atoms with E-state index in [1.165, 1.54) is 18.3 Å². The fourth-order valence-electron chi connectivity index (χ4n) is 4.14. The van der Waals surface area contributed by atoms with Gasteiger partial charge in [-0.05, 0) is 31.0 Å². The van der Waals surface area contributed by atoms with Crippen LogP contribution in [0.4, 0.5) is 19.0 Å². The van der Waals surface area contributed by atoms with Gasteiger partial charge in [0.2, 0.25) is 5.91 Å². The number of benzene rings is 1. The number of nitrogens with zero attached hydrogens (tertiary/aromatic N) is 4. The number of halogens is 4. The van der Waals surface area contributed by atoms with Crippen LogP contribution >= 0.6 is 11.6 Å². The number of amides is 1. The van der Waals surface area contributed by atoms with E-state index in [9.17, 15) is 18.0 Å². The molecule has 1 aliphatic rings. The summed E-state index contributed by atoms with van der Waals surface area (Å²) >= 11 is 6.41. The number of rotatable bonds is 9. The second kappa shape index (κ2) is 12.5. The van der Waals surface area contributed by atoms with Gasteiger partial charge in [0, 0.05) is 49.8 Å². The van der Waals surface area contributed by atoms with Crippen LogP contribution in [0.3, 0.4) is 0 Å². The van der Waals surface area contributed by atoms with Crippen molar-refractivity contribution in [3.63, 3.8) is 0 Å². The molecule has 0 atom stereocenters. The molecule has 202 valence electrons. The average molecular weight is 550 g/mol. The molecule has 4 rings (SSSR count). The van der Waals surface area contributed by atoms with Crippen molar-refractivity contribution < 1.29 is 27.4 Å². The van der Waals surface area contributed by atoms with Gasteiger partial charge in [0.15, 0.2) is 0 Å². The molecule has 3 heterocycles. The molecule has 8 nitrogen and oxygen atoms in total. The summed E-state index contributed by atoms with van der Waals surface area (Å²) in [6, 6.07) is 6.49. The maximum atomic E-state index is 13.1. The molecule has 2 aromatic heterocycles. The Hall–Kier alpha value is -3.28. The molecule has 12 heteroatoms. The van der Waals surface area contributed by atoms with Gasteiger partial charge < -0.3 is 19.7 Å². The molecule has 0 aliphatic carbocycles. The summed E-state index contributed by atoms with van der Waals surface area (Å²) in [4.78, 5) is 27.6. The average Bonchev–Trinajstić information content (AvgIpc) is 2.91. The molecule has 0 bridgehead atoms. The van der Waals surface area contributed by atoms with Crippen molar-refractivity contribution in [1.29, 1.82) is 0 Å². The number of alkyl halides is 3. The minimum Gasteiger partial charge on any atom is -0.382 e. The minimum atomic E-state index is -4.44. The van der Waals surface area contributed by atoms with Gasteiger partial charge in [-0.25, -0.2) is 4.98 Å². The lowest BCUT2D eigenvalue weighted by molar-refractivity contribution is -0.137. The molecular weight excluding hydrogens is 523 g/mol. The van der Waals surface area contributed by atoms with E-state index in [0.717, 1.165) is 12.1 Å². The van der Waals surface area contributed by atoms with Gasteiger partial charge in [-0.1, -0.05) is 23.7 Å². The molecule has 0 spiro atoms. The molecule has 0 saturated carbocycles. The first-order chi connectivity index (χ1) is 18.3. The summed E-state index contributed by atoms with van der Waals surface area (Å²) in [5.74, 6) is 0.436. The van der Waals surface area contributed by atoms with Gasteiger partial charge in [-0.3, -0.25) is 14.8 Å². The summed E-state index contributed by atoms with van der Waals surface area (Å²) in [6.07, 6.45) is 1.63. The Kier molecular flexibility index (Phi) is 9.13. The third-order valence-corrected chi connectivity index (χ3v) is 6.42. The quantitative estimate of drug-likeness (QED) is 0.389. The molecule has 0 radical (unpaired) electrons. The monoisotopic (exact) mass is 549 g/mol. The minimum absolute atomic E-state index is 0.0123. The van der Waals surface area contributed by atoms with E-state index in [2.05, 4.69) is 20.2 Å².